The van der Waals surface area contributed by atoms with Gasteiger partial charge in [-0.1, -0.05) is 40.2 Å². The predicted octanol–water partition coefficient (Wildman–Crippen LogP) is 4.80. The van der Waals surface area contributed by atoms with Gasteiger partial charge in [-0.2, -0.15) is 0 Å². The molecule has 112 valence electrons. The molecule has 0 fully saturated rings. The maximum Gasteiger partial charge on any atom is 0.256 e. The second kappa shape index (κ2) is 5.32. The lowest BCUT2D eigenvalue weighted by Gasteiger charge is -2.06. The van der Waals surface area contributed by atoms with Crippen molar-refractivity contribution in [2.24, 2.45) is 0 Å². The lowest BCUT2D eigenvalue weighted by molar-refractivity contribution is -0.110. The van der Waals surface area contributed by atoms with E-state index in [4.69, 9.17) is 0 Å². The fraction of sp³-hybridized carbons (Fsp3) is 0.0526. The van der Waals surface area contributed by atoms with Crippen LogP contribution in [0.3, 0.4) is 0 Å². The van der Waals surface area contributed by atoms with E-state index in [2.05, 4.69) is 26.2 Å². The van der Waals surface area contributed by atoms with Crippen molar-refractivity contribution in [3.63, 3.8) is 0 Å². The van der Waals surface area contributed by atoms with Gasteiger partial charge >= 0.3 is 0 Å². The number of hydrogen-bond acceptors (Lipinski definition) is 2. The summed E-state index contributed by atoms with van der Waals surface area (Å²) in [6, 6.07) is 15.8. The first-order chi connectivity index (χ1) is 11.1. The van der Waals surface area contributed by atoms with Crippen molar-refractivity contribution in [2.45, 2.75) is 6.92 Å². The van der Waals surface area contributed by atoms with Crippen molar-refractivity contribution in [1.82, 2.24) is 4.98 Å². The van der Waals surface area contributed by atoms with Crippen LogP contribution in [-0.2, 0) is 4.79 Å². The number of nitrogens with zero attached hydrogens (tertiary/aromatic N) is 1. The van der Waals surface area contributed by atoms with Gasteiger partial charge in [-0.05, 0) is 42.8 Å². The third-order valence-electron chi connectivity index (χ3n) is 4.07. The number of pyridine rings is 1. The van der Waals surface area contributed by atoms with E-state index in [1.165, 1.54) is 0 Å². The largest absolute Gasteiger partial charge is 0.321 e. The van der Waals surface area contributed by atoms with Gasteiger partial charge < -0.3 is 5.32 Å². The molecule has 1 N–H and O–H groups in total. The lowest BCUT2D eigenvalue weighted by Crippen LogP contribution is -2.03. The minimum atomic E-state index is -0.0869. The SMILES string of the molecule is Cc1c(Br)ccc2c1C(=Cc1ccc3ccccc3n1)C(=O)N2. The standard InChI is InChI=1S/C19H13BrN2O/c1-11-15(20)8-9-17-18(11)14(19(23)22-17)10-13-7-6-12-4-2-3-5-16(12)21-13/h2-10H,1H3,(H,22,23). The molecule has 1 amide bonds. The molecule has 0 saturated heterocycles. The Morgan fingerprint density at radius 2 is 1.91 bits per heavy atom. The number of anilines is 1. The maximum atomic E-state index is 12.3. The Morgan fingerprint density at radius 1 is 1.09 bits per heavy atom. The molecule has 4 rings (SSSR count). The summed E-state index contributed by atoms with van der Waals surface area (Å²) in [5.74, 6) is -0.0869. The highest BCUT2D eigenvalue weighted by atomic mass is 79.9. The molecule has 1 aliphatic heterocycles. The molecule has 2 heterocycles. The normalized spacial score (nSPS) is 15.0. The predicted molar refractivity (Wildman–Crippen MR) is 97.1 cm³/mol. The maximum absolute atomic E-state index is 12.3. The lowest BCUT2D eigenvalue weighted by atomic mass is 10.0. The molecule has 0 radical (unpaired) electrons. The van der Waals surface area contributed by atoms with Crippen LogP contribution in [0.4, 0.5) is 5.69 Å². The van der Waals surface area contributed by atoms with Gasteiger partial charge in [0.1, 0.15) is 0 Å². The van der Waals surface area contributed by atoms with E-state index in [0.29, 0.717) is 5.57 Å². The van der Waals surface area contributed by atoms with E-state index in [1.807, 2.05) is 61.5 Å². The molecule has 3 aromatic rings. The van der Waals surface area contributed by atoms with Crippen molar-refractivity contribution in [3.8, 4) is 0 Å². The second-order valence-electron chi connectivity index (χ2n) is 5.54. The first-order valence-corrected chi connectivity index (χ1v) is 8.11. The van der Waals surface area contributed by atoms with Crippen LogP contribution in [0, 0.1) is 6.92 Å². The van der Waals surface area contributed by atoms with E-state index in [0.717, 1.165) is 37.9 Å². The number of fused-ring (bicyclic) bond motifs is 2. The highest BCUT2D eigenvalue weighted by molar-refractivity contribution is 9.10. The Kier molecular flexibility index (Phi) is 3.27. The van der Waals surface area contributed by atoms with Crippen molar-refractivity contribution in [2.75, 3.05) is 5.32 Å². The molecule has 0 unspecified atom stereocenters. The summed E-state index contributed by atoms with van der Waals surface area (Å²) in [5, 5.41) is 4.00. The molecule has 1 aliphatic rings. The molecule has 0 bridgehead atoms. The number of amides is 1. The van der Waals surface area contributed by atoms with E-state index in [9.17, 15) is 4.79 Å². The van der Waals surface area contributed by atoms with Crippen LogP contribution in [0.1, 0.15) is 16.8 Å². The van der Waals surface area contributed by atoms with Crippen molar-refractivity contribution in [3.05, 3.63) is 69.8 Å². The van der Waals surface area contributed by atoms with E-state index in [1.54, 1.807) is 0 Å². The van der Waals surface area contributed by atoms with E-state index >= 15 is 0 Å². The van der Waals surface area contributed by atoms with Gasteiger partial charge in [0.05, 0.1) is 16.8 Å². The van der Waals surface area contributed by atoms with Gasteiger partial charge in [-0.15, -0.1) is 0 Å². The summed E-state index contributed by atoms with van der Waals surface area (Å²) in [5.41, 5.74) is 5.20. The Balaban J connectivity index is 1.88. The average Bonchev–Trinajstić information content (AvgIpc) is 2.87. The fourth-order valence-electron chi connectivity index (χ4n) is 2.89. The molecular formula is C19H13BrN2O. The Morgan fingerprint density at radius 3 is 2.78 bits per heavy atom. The summed E-state index contributed by atoms with van der Waals surface area (Å²) < 4.78 is 0.991. The summed E-state index contributed by atoms with van der Waals surface area (Å²) in [6.45, 7) is 2.00. The van der Waals surface area contributed by atoms with Gasteiger partial charge in [0.15, 0.2) is 0 Å². The summed E-state index contributed by atoms with van der Waals surface area (Å²) in [4.78, 5) is 17.0. The zero-order valence-electron chi connectivity index (χ0n) is 12.4. The van der Waals surface area contributed by atoms with E-state index in [-0.39, 0.29) is 5.91 Å². The zero-order chi connectivity index (χ0) is 16.0. The van der Waals surface area contributed by atoms with Gasteiger partial charge in [0.25, 0.3) is 5.91 Å². The van der Waals surface area contributed by atoms with Crippen molar-refractivity contribution >= 4 is 50.1 Å². The monoisotopic (exact) mass is 364 g/mol. The zero-order valence-corrected chi connectivity index (χ0v) is 14.0. The van der Waals surface area contributed by atoms with Gasteiger partial charge in [0, 0.05) is 21.1 Å². The number of rotatable bonds is 1. The Hall–Kier alpha value is -2.46. The number of carbonyl (C=O) groups is 1. The van der Waals surface area contributed by atoms with Gasteiger partial charge in [0.2, 0.25) is 0 Å². The first kappa shape index (κ1) is 14.2. The average molecular weight is 365 g/mol. The molecule has 3 nitrogen and oxygen atoms in total. The van der Waals surface area contributed by atoms with Crippen LogP contribution < -0.4 is 5.32 Å². The number of carbonyl (C=O) groups excluding carboxylic acids is 1. The summed E-state index contributed by atoms with van der Waals surface area (Å²) in [6.07, 6.45) is 1.85. The molecule has 4 heteroatoms. The molecule has 0 atom stereocenters. The van der Waals surface area contributed by atoms with Crippen LogP contribution in [-0.4, -0.2) is 10.9 Å². The quantitative estimate of drug-likeness (QED) is 0.630. The first-order valence-electron chi connectivity index (χ1n) is 7.32. The molecule has 2 aromatic carbocycles. The number of hydrogen-bond donors (Lipinski definition) is 1. The number of halogens is 1. The number of nitrogens with one attached hydrogen (secondary N) is 1. The van der Waals surface area contributed by atoms with Crippen LogP contribution >= 0.6 is 15.9 Å². The number of para-hydroxylation sites is 1. The summed E-state index contributed by atoms with van der Waals surface area (Å²) in [7, 11) is 0. The molecule has 0 spiro atoms. The molecule has 0 saturated carbocycles. The summed E-state index contributed by atoms with van der Waals surface area (Å²) >= 11 is 3.53. The minimum absolute atomic E-state index is 0.0869. The van der Waals surface area contributed by atoms with Gasteiger partial charge in [-0.25, -0.2) is 4.98 Å². The van der Waals surface area contributed by atoms with Crippen molar-refractivity contribution < 1.29 is 4.79 Å². The third-order valence-corrected chi connectivity index (χ3v) is 4.93. The topological polar surface area (TPSA) is 42.0 Å². The molecule has 1 aromatic heterocycles. The highest BCUT2D eigenvalue weighted by Gasteiger charge is 2.26. The second-order valence-corrected chi connectivity index (χ2v) is 6.39. The van der Waals surface area contributed by atoms with Gasteiger partial charge in [-0.3, -0.25) is 4.79 Å². The van der Waals surface area contributed by atoms with Crippen LogP contribution in [0.15, 0.2) is 53.0 Å². The third kappa shape index (κ3) is 2.35. The number of benzene rings is 2. The molecule has 23 heavy (non-hydrogen) atoms. The van der Waals surface area contributed by atoms with Crippen LogP contribution in [0.5, 0.6) is 0 Å². The highest BCUT2D eigenvalue weighted by Crippen LogP contribution is 2.38. The minimum Gasteiger partial charge on any atom is -0.321 e. The van der Waals surface area contributed by atoms with Crippen LogP contribution in [0.25, 0.3) is 22.6 Å². The van der Waals surface area contributed by atoms with Crippen LogP contribution in [0.2, 0.25) is 0 Å². The van der Waals surface area contributed by atoms with Crippen molar-refractivity contribution in [1.29, 1.82) is 0 Å². The Labute approximate surface area is 142 Å². The number of aromatic nitrogens is 1. The fourth-order valence-corrected chi connectivity index (χ4v) is 3.22. The smallest absolute Gasteiger partial charge is 0.256 e. The Bertz CT molecular complexity index is 992. The molecule has 0 aliphatic carbocycles. The van der Waals surface area contributed by atoms with E-state index < -0.39 is 0 Å². The molecular weight excluding hydrogens is 352 g/mol.